The number of amides is 2. The molecule has 1 aliphatic heterocycles. The SMILES string of the molecule is CC(=O)N(C)c1cnn2c1CN(C(=O)Cc1cc(F)c(F)c(F)c1)[C@@H](C)C2. The first-order valence-electron chi connectivity index (χ1n) is 8.41. The zero-order valence-electron chi connectivity index (χ0n) is 15.2. The summed E-state index contributed by atoms with van der Waals surface area (Å²) in [6.45, 7) is 3.90. The molecule has 0 aliphatic carbocycles. The van der Waals surface area contributed by atoms with Crippen LogP contribution in [0.2, 0.25) is 0 Å². The summed E-state index contributed by atoms with van der Waals surface area (Å²) in [7, 11) is 1.62. The maximum Gasteiger partial charge on any atom is 0.227 e. The molecule has 2 heterocycles. The van der Waals surface area contributed by atoms with Crippen molar-refractivity contribution in [2.45, 2.75) is 39.4 Å². The van der Waals surface area contributed by atoms with Gasteiger partial charge in [0.15, 0.2) is 17.5 Å². The molecule has 144 valence electrons. The summed E-state index contributed by atoms with van der Waals surface area (Å²) in [5, 5.41) is 4.27. The molecular weight excluding hydrogens is 361 g/mol. The summed E-state index contributed by atoms with van der Waals surface area (Å²) in [5.41, 5.74) is 1.37. The lowest BCUT2D eigenvalue weighted by molar-refractivity contribution is -0.134. The predicted molar refractivity (Wildman–Crippen MR) is 91.3 cm³/mol. The standard InChI is InChI=1S/C18H19F3N4O2/c1-10-8-25-16(15(7-22-25)23(3)11(2)26)9-24(10)17(27)6-12-4-13(19)18(21)14(20)5-12/h4-5,7,10H,6,8-9H2,1-3H3/t10-/m0/s1. The van der Waals surface area contributed by atoms with Crippen LogP contribution in [0.4, 0.5) is 18.9 Å². The average Bonchev–Trinajstić information content (AvgIpc) is 3.00. The number of fused-ring (bicyclic) bond motifs is 1. The Morgan fingerprint density at radius 2 is 1.89 bits per heavy atom. The van der Waals surface area contributed by atoms with E-state index >= 15 is 0 Å². The number of hydrogen-bond donors (Lipinski definition) is 0. The van der Waals surface area contributed by atoms with Crippen molar-refractivity contribution in [3.63, 3.8) is 0 Å². The molecule has 0 unspecified atom stereocenters. The second kappa shape index (κ2) is 7.05. The van der Waals surface area contributed by atoms with Crippen LogP contribution in [0.5, 0.6) is 0 Å². The fraction of sp³-hybridized carbons (Fsp3) is 0.389. The lowest BCUT2D eigenvalue weighted by Crippen LogP contribution is -2.46. The number of carbonyl (C=O) groups is 2. The molecule has 0 spiro atoms. The summed E-state index contributed by atoms with van der Waals surface area (Å²) in [5.74, 6) is -4.73. The maximum absolute atomic E-state index is 13.4. The molecule has 27 heavy (non-hydrogen) atoms. The Morgan fingerprint density at radius 3 is 2.48 bits per heavy atom. The van der Waals surface area contributed by atoms with Crippen molar-refractivity contribution < 1.29 is 22.8 Å². The molecule has 9 heteroatoms. The average molecular weight is 380 g/mol. The molecule has 1 aliphatic rings. The van der Waals surface area contributed by atoms with E-state index in [0.29, 0.717) is 17.9 Å². The van der Waals surface area contributed by atoms with Crippen molar-refractivity contribution in [3.05, 3.63) is 47.0 Å². The van der Waals surface area contributed by atoms with Crippen LogP contribution in [0.25, 0.3) is 0 Å². The molecule has 1 atom stereocenters. The highest BCUT2D eigenvalue weighted by Crippen LogP contribution is 2.27. The van der Waals surface area contributed by atoms with E-state index in [9.17, 15) is 22.8 Å². The lowest BCUT2D eigenvalue weighted by atomic mass is 10.1. The van der Waals surface area contributed by atoms with E-state index in [4.69, 9.17) is 0 Å². The summed E-state index contributed by atoms with van der Waals surface area (Å²) in [4.78, 5) is 27.4. The normalized spacial score (nSPS) is 16.2. The van der Waals surface area contributed by atoms with Crippen molar-refractivity contribution in [2.24, 2.45) is 0 Å². The molecule has 1 aromatic heterocycles. The minimum absolute atomic E-state index is 0.0590. The quantitative estimate of drug-likeness (QED) is 0.768. The molecule has 0 fully saturated rings. The first-order chi connectivity index (χ1) is 12.7. The molecule has 2 amide bonds. The van der Waals surface area contributed by atoms with Gasteiger partial charge in [0.05, 0.1) is 37.1 Å². The van der Waals surface area contributed by atoms with Crippen LogP contribution >= 0.6 is 0 Å². The molecule has 0 bridgehead atoms. The number of nitrogens with zero attached hydrogens (tertiary/aromatic N) is 4. The first kappa shape index (κ1) is 18.9. The number of rotatable bonds is 3. The van der Waals surface area contributed by atoms with Gasteiger partial charge in [-0.1, -0.05) is 0 Å². The van der Waals surface area contributed by atoms with Crippen molar-refractivity contribution in [3.8, 4) is 0 Å². The van der Waals surface area contributed by atoms with Crippen molar-refractivity contribution >= 4 is 17.5 Å². The molecular formula is C18H19F3N4O2. The largest absolute Gasteiger partial charge is 0.332 e. The molecule has 1 aromatic carbocycles. The molecule has 0 N–H and O–H groups in total. The lowest BCUT2D eigenvalue weighted by Gasteiger charge is -2.35. The third kappa shape index (κ3) is 3.54. The van der Waals surface area contributed by atoms with Crippen LogP contribution in [-0.4, -0.2) is 39.6 Å². The van der Waals surface area contributed by atoms with Gasteiger partial charge in [0.25, 0.3) is 0 Å². The van der Waals surface area contributed by atoms with Gasteiger partial charge in [-0.15, -0.1) is 0 Å². The van der Waals surface area contributed by atoms with E-state index in [1.165, 1.54) is 11.8 Å². The summed E-state index contributed by atoms with van der Waals surface area (Å²) >= 11 is 0. The van der Waals surface area contributed by atoms with Gasteiger partial charge in [0.1, 0.15) is 0 Å². The Morgan fingerprint density at radius 1 is 1.26 bits per heavy atom. The van der Waals surface area contributed by atoms with Gasteiger partial charge < -0.3 is 9.80 Å². The highest BCUT2D eigenvalue weighted by molar-refractivity contribution is 5.91. The zero-order chi connectivity index (χ0) is 19.9. The van der Waals surface area contributed by atoms with Crippen LogP contribution in [0.3, 0.4) is 0 Å². The van der Waals surface area contributed by atoms with Crippen LogP contribution in [0, 0.1) is 17.5 Å². The number of benzene rings is 1. The number of halogens is 3. The van der Waals surface area contributed by atoms with Gasteiger partial charge in [-0.3, -0.25) is 14.3 Å². The van der Waals surface area contributed by atoms with Gasteiger partial charge in [-0.25, -0.2) is 13.2 Å². The molecule has 2 aromatic rings. The smallest absolute Gasteiger partial charge is 0.227 e. The van der Waals surface area contributed by atoms with E-state index < -0.39 is 17.5 Å². The van der Waals surface area contributed by atoms with Crippen molar-refractivity contribution in [2.75, 3.05) is 11.9 Å². The van der Waals surface area contributed by atoms with Crippen LogP contribution in [-0.2, 0) is 29.1 Å². The Bertz CT molecular complexity index is 889. The molecule has 0 saturated heterocycles. The van der Waals surface area contributed by atoms with Crippen molar-refractivity contribution in [1.29, 1.82) is 0 Å². The van der Waals surface area contributed by atoms with Crippen LogP contribution < -0.4 is 4.90 Å². The van der Waals surface area contributed by atoms with Gasteiger partial charge in [0.2, 0.25) is 11.8 Å². The number of anilines is 1. The topological polar surface area (TPSA) is 58.4 Å². The van der Waals surface area contributed by atoms with E-state index in [2.05, 4.69) is 5.10 Å². The first-order valence-corrected chi connectivity index (χ1v) is 8.41. The van der Waals surface area contributed by atoms with Gasteiger partial charge in [-0.05, 0) is 24.6 Å². The van der Waals surface area contributed by atoms with E-state index in [-0.39, 0.29) is 36.4 Å². The monoisotopic (exact) mass is 380 g/mol. The third-order valence-corrected chi connectivity index (χ3v) is 4.77. The van der Waals surface area contributed by atoms with Crippen LogP contribution in [0.1, 0.15) is 25.1 Å². The van der Waals surface area contributed by atoms with Gasteiger partial charge >= 0.3 is 0 Å². The van der Waals surface area contributed by atoms with Crippen LogP contribution in [0.15, 0.2) is 18.3 Å². The minimum Gasteiger partial charge on any atom is -0.332 e. The maximum atomic E-state index is 13.4. The highest BCUT2D eigenvalue weighted by Gasteiger charge is 2.30. The van der Waals surface area contributed by atoms with E-state index in [0.717, 1.165) is 12.1 Å². The van der Waals surface area contributed by atoms with E-state index in [1.807, 2.05) is 6.92 Å². The fourth-order valence-corrected chi connectivity index (χ4v) is 3.16. The number of hydrogen-bond acceptors (Lipinski definition) is 3. The predicted octanol–water partition coefficient (Wildman–Crippen LogP) is 2.26. The Balaban J connectivity index is 1.83. The molecule has 0 radical (unpaired) electrons. The second-order valence-electron chi connectivity index (χ2n) is 6.66. The highest BCUT2D eigenvalue weighted by atomic mass is 19.2. The van der Waals surface area contributed by atoms with Gasteiger partial charge in [-0.2, -0.15) is 5.10 Å². The number of carbonyl (C=O) groups excluding carboxylic acids is 2. The zero-order valence-corrected chi connectivity index (χ0v) is 15.2. The second-order valence-corrected chi connectivity index (χ2v) is 6.66. The molecule has 3 rings (SSSR count). The summed E-state index contributed by atoms with van der Waals surface area (Å²) < 4.78 is 41.6. The summed E-state index contributed by atoms with van der Waals surface area (Å²) in [6.07, 6.45) is 1.31. The third-order valence-electron chi connectivity index (χ3n) is 4.77. The Labute approximate surface area is 154 Å². The minimum atomic E-state index is -1.56. The molecule has 0 saturated carbocycles. The Kier molecular flexibility index (Phi) is 4.95. The number of aromatic nitrogens is 2. The van der Waals surface area contributed by atoms with Crippen molar-refractivity contribution in [1.82, 2.24) is 14.7 Å². The summed E-state index contributed by atoms with van der Waals surface area (Å²) in [6, 6.07) is 1.45. The fourth-order valence-electron chi connectivity index (χ4n) is 3.16. The van der Waals surface area contributed by atoms with Gasteiger partial charge in [0, 0.05) is 20.0 Å². The Hall–Kier alpha value is -2.84. The molecule has 6 nitrogen and oxygen atoms in total. The van der Waals surface area contributed by atoms with E-state index in [1.54, 1.807) is 22.8 Å².